The highest BCUT2D eigenvalue weighted by Crippen LogP contribution is 1.75. The molecule has 6 nitrogen and oxygen atoms in total. The molecule has 0 aromatic rings. The van der Waals surface area contributed by atoms with Crippen molar-refractivity contribution in [2.75, 3.05) is 32.1 Å². The summed E-state index contributed by atoms with van der Waals surface area (Å²) < 4.78 is 27.1. The van der Waals surface area contributed by atoms with Gasteiger partial charge in [-0.15, -0.1) is 0 Å². The summed E-state index contributed by atoms with van der Waals surface area (Å²) in [6.07, 6.45) is 0. The van der Waals surface area contributed by atoms with Crippen LogP contribution in [-0.2, 0) is 10.1 Å². The van der Waals surface area contributed by atoms with Gasteiger partial charge >= 0.3 is 0 Å². The summed E-state index contributed by atoms with van der Waals surface area (Å²) in [4.78, 5) is 0. The third kappa shape index (κ3) is 24.5. The van der Waals surface area contributed by atoms with Crippen LogP contribution in [0.5, 0.6) is 0 Å². The molecule has 13 heavy (non-hydrogen) atoms. The standard InChI is InChI=1S/C4H11NO.C2H6O4S/c1-2-5-3-4-6;3-1-2-7(4,5)6/h5-6H,2-4H2,1H3;3H,1-2H2,(H,4,5,6). The SMILES string of the molecule is CCNCCO.O=S(=O)(O)CCO. The van der Waals surface area contributed by atoms with Gasteiger partial charge in [0.2, 0.25) is 0 Å². The lowest BCUT2D eigenvalue weighted by atomic mass is 10.6. The number of aliphatic hydroxyl groups excluding tert-OH is 2. The molecule has 0 saturated carbocycles. The zero-order chi connectivity index (χ0) is 10.7. The Hall–Kier alpha value is -0.210. The molecule has 0 unspecified atom stereocenters. The van der Waals surface area contributed by atoms with E-state index >= 15 is 0 Å². The fourth-order valence-corrected chi connectivity index (χ4v) is 0.602. The zero-order valence-electron chi connectivity index (χ0n) is 7.60. The van der Waals surface area contributed by atoms with E-state index in [1.54, 1.807) is 0 Å². The highest BCUT2D eigenvalue weighted by molar-refractivity contribution is 7.85. The molecule has 0 aliphatic carbocycles. The molecular formula is C6H17NO5S. The van der Waals surface area contributed by atoms with Gasteiger partial charge in [-0.1, -0.05) is 6.92 Å². The quantitative estimate of drug-likeness (QED) is 0.327. The van der Waals surface area contributed by atoms with Gasteiger partial charge in [-0.05, 0) is 6.54 Å². The van der Waals surface area contributed by atoms with Crippen LogP contribution >= 0.6 is 0 Å². The molecule has 0 saturated heterocycles. The molecule has 0 spiro atoms. The Morgan fingerprint density at radius 1 is 1.23 bits per heavy atom. The minimum absolute atomic E-state index is 0.244. The van der Waals surface area contributed by atoms with Gasteiger partial charge in [0.15, 0.2) is 0 Å². The van der Waals surface area contributed by atoms with Crippen LogP contribution in [0.4, 0.5) is 0 Å². The van der Waals surface area contributed by atoms with Crippen LogP contribution in [0.1, 0.15) is 6.92 Å². The number of rotatable bonds is 5. The molecule has 0 fully saturated rings. The van der Waals surface area contributed by atoms with Crippen molar-refractivity contribution >= 4 is 10.1 Å². The van der Waals surface area contributed by atoms with Gasteiger partial charge in [-0.2, -0.15) is 8.42 Å². The number of aliphatic hydroxyl groups is 2. The average molecular weight is 215 g/mol. The normalized spacial score (nSPS) is 10.5. The maximum atomic E-state index is 9.63. The Bertz CT molecular complexity index is 175. The third-order valence-corrected chi connectivity index (χ3v) is 1.59. The summed E-state index contributed by atoms with van der Waals surface area (Å²) in [5.74, 6) is -0.576. The Morgan fingerprint density at radius 2 is 1.77 bits per heavy atom. The van der Waals surface area contributed by atoms with Crippen LogP contribution in [0.25, 0.3) is 0 Å². The van der Waals surface area contributed by atoms with Crippen LogP contribution in [0, 0.1) is 0 Å². The van der Waals surface area contributed by atoms with Gasteiger partial charge in [0.05, 0.1) is 19.0 Å². The van der Waals surface area contributed by atoms with E-state index in [-0.39, 0.29) is 6.61 Å². The van der Waals surface area contributed by atoms with Crippen molar-refractivity contribution in [3.8, 4) is 0 Å². The first kappa shape index (κ1) is 15.3. The van der Waals surface area contributed by atoms with Gasteiger partial charge in [0, 0.05) is 6.54 Å². The predicted octanol–water partition coefficient (Wildman–Crippen LogP) is -1.55. The van der Waals surface area contributed by atoms with E-state index in [2.05, 4.69) is 5.32 Å². The Kier molecular flexibility index (Phi) is 11.6. The van der Waals surface area contributed by atoms with E-state index in [1.165, 1.54) is 0 Å². The Labute approximate surface area is 78.3 Å². The second-order valence-electron chi connectivity index (χ2n) is 2.09. The van der Waals surface area contributed by atoms with E-state index in [9.17, 15) is 8.42 Å². The maximum absolute atomic E-state index is 9.63. The molecule has 0 aliphatic rings. The van der Waals surface area contributed by atoms with Crippen molar-refractivity contribution in [1.82, 2.24) is 5.32 Å². The molecule has 0 heterocycles. The monoisotopic (exact) mass is 215 g/mol. The Morgan fingerprint density at radius 3 is 1.85 bits per heavy atom. The first-order chi connectivity index (χ1) is 5.97. The van der Waals surface area contributed by atoms with Crippen molar-refractivity contribution in [3.05, 3.63) is 0 Å². The first-order valence-electron chi connectivity index (χ1n) is 3.85. The van der Waals surface area contributed by atoms with Gasteiger partial charge in [0.1, 0.15) is 0 Å². The summed E-state index contributed by atoms with van der Waals surface area (Å²) in [6, 6.07) is 0. The number of likely N-dealkylation sites (N-methyl/N-ethyl adjacent to an activating group) is 1. The average Bonchev–Trinajstić information content (AvgIpc) is 1.99. The highest BCUT2D eigenvalue weighted by atomic mass is 32.2. The van der Waals surface area contributed by atoms with Crippen molar-refractivity contribution in [2.24, 2.45) is 0 Å². The van der Waals surface area contributed by atoms with Crippen LogP contribution in [-0.4, -0.2) is 55.2 Å². The lowest BCUT2D eigenvalue weighted by molar-refractivity contribution is 0.293. The minimum atomic E-state index is -3.92. The van der Waals surface area contributed by atoms with E-state index < -0.39 is 22.5 Å². The van der Waals surface area contributed by atoms with Crippen molar-refractivity contribution in [3.63, 3.8) is 0 Å². The second kappa shape index (κ2) is 9.87. The van der Waals surface area contributed by atoms with Crippen LogP contribution in [0.3, 0.4) is 0 Å². The molecule has 0 radical (unpaired) electrons. The van der Waals surface area contributed by atoms with Crippen LogP contribution < -0.4 is 5.32 Å². The van der Waals surface area contributed by atoms with E-state index in [0.29, 0.717) is 0 Å². The van der Waals surface area contributed by atoms with Crippen LogP contribution in [0.15, 0.2) is 0 Å². The second-order valence-corrected chi connectivity index (χ2v) is 3.66. The largest absolute Gasteiger partial charge is 0.395 e. The molecule has 0 aromatic heterocycles. The van der Waals surface area contributed by atoms with E-state index in [0.717, 1.165) is 13.1 Å². The van der Waals surface area contributed by atoms with Gasteiger partial charge < -0.3 is 15.5 Å². The van der Waals surface area contributed by atoms with Gasteiger partial charge in [0.25, 0.3) is 10.1 Å². The fourth-order valence-electron chi connectivity index (χ4n) is 0.371. The minimum Gasteiger partial charge on any atom is -0.395 e. The first-order valence-corrected chi connectivity index (χ1v) is 5.46. The van der Waals surface area contributed by atoms with Crippen molar-refractivity contribution in [1.29, 1.82) is 0 Å². The molecule has 0 aromatic carbocycles. The summed E-state index contributed by atoms with van der Waals surface area (Å²) in [5, 5.41) is 18.9. The summed E-state index contributed by atoms with van der Waals surface area (Å²) in [6.45, 7) is 3.39. The lowest BCUT2D eigenvalue weighted by Crippen LogP contribution is -2.16. The molecule has 0 aliphatic heterocycles. The predicted molar refractivity (Wildman–Crippen MR) is 49.1 cm³/mol. The maximum Gasteiger partial charge on any atom is 0.267 e. The Balaban J connectivity index is 0. The highest BCUT2D eigenvalue weighted by Gasteiger charge is 1.99. The van der Waals surface area contributed by atoms with Crippen LogP contribution in [0.2, 0.25) is 0 Å². The van der Waals surface area contributed by atoms with Gasteiger partial charge in [-0.25, -0.2) is 0 Å². The molecular weight excluding hydrogens is 198 g/mol. The smallest absolute Gasteiger partial charge is 0.267 e. The molecule has 0 atom stereocenters. The zero-order valence-corrected chi connectivity index (χ0v) is 8.42. The third-order valence-electron chi connectivity index (χ3n) is 0.888. The molecule has 7 heteroatoms. The summed E-state index contributed by atoms with van der Waals surface area (Å²) >= 11 is 0. The topological polar surface area (TPSA) is 107 Å². The lowest BCUT2D eigenvalue weighted by Gasteiger charge is -1.91. The van der Waals surface area contributed by atoms with Crippen molar-refractivity contribution < 1.29 is 23.2 Å². The van der Waals surface area contributed by atoms with Crippen molar-refractivity contribution in [2.45, 2.75) is 6.92 Å². The molecule has 82 valence electrons. The number of hydrogen-bond donors (Lipinski definition) is 4. The summed E-state index contributed by atoms with van der Waals surface area (Å²) in [5.41, 5.74) is 0. The molecule has 4 N–H and O–H groups in total. The van der Waals surface area contributed by atoms with E-state index in [1.807, 2.05) is 6.92 Å². The fraction of sp³-hybridized carbons (Fsp3) is 1.00. The molecule has 0 amide bonds. The number of nitrogens with one attached hydrogen (secondary N) is 1. The molecule has 0 bridgehead atoms. The number of hydrogen-bond acceptors (Lipinski definition) is 5. The van der Waals surface area contributed by atoms with E-state index in [4.69, 9.17) is 14.8 Å². The molecule has 0 rings (SSSR count). The summed E-state index contributed by atoms with van der Waals surface area (Å²) in [7, 11) is -3.92. The van der Waals surface area contributed by atoms with Gasteiger partial charge in [-0.3, -0.25) is 4.55 Å².